The van der Waals surface area contributed by atoms with Crippen molar-refractivity contribution >= 4 is 53.9 Å². The first-order chi connectivity index (χ1) is 23.1. The molecule has 0 N–H and O–H groups in total. The topological polar surface area (TPSA) is 0 Å². The van der Waals surface area contributed by atoms with E-state index in [0.29, 0.717) is 0 Å². The molecular formula is C47H32. The van der Waals surface area contributed by atoms with Crippen molar-refractivity contribution in [1.82, 2.24) is 0 Å². The zero-order valence-electron chi connectivity index (χ0n) is 26.5. The van der Waals surface area contributed by atoms with Crippen LogP contribution in [0.3, 0.4) is 0 Å². The van der Waals surface area contributed by atoms with E-state index in [0.717, 1.165) is 0 Å². The fourth-order valence-corrected chi connectivity index (χ4v) is 8.66. The third kappa shape index (κ3) is 3.70. The van der Waals surface area contributed by atoms with Crippen LogP contribution in [0, 0.1) is 0 Å². The molecule has 0 aliphatic heterocycles. The zero-order valence-corrected chi connectivity index (χ0v) is 26.5. The molecular weight excluding hydrogens is 565 g/mol. The lowest BCUT2D eigenvalue weighted by Crippen LogP contribution is -2.16. The minimum Gasteiger partial charge on any atom is -0.0616 e. The Kier molecular flexibility index (Phi) is 5.44. The summed E-state index contributed by atoms with van der Waals surface area (Å²) < 4.78 is 0. The summed E-state index contributed by atoms with van der Waals surface area (Å²) in [5.41, 5.74) is 10.5. The van der Waals surface area contributed by atoms with Gasteiger partial charge in [-0.25, -0.2) is 0 Å². The fourth-order valence-electron chi connectivity index (χ4n) is 8.66. The number of fused-ring (bicyclic) bond motifs is 10. The van der Waals surface area contributed by atoms with Crippen LogP contribution in [0.15, 0.2) is 158 Å². The Hall–Kier alpha value is -5.72. The molecule has 0 saturated carbocycles. The van der Waals surface area contributed by atoms with Gasteiger partial charge in [0.1, 0.15) is 0 Å². The summed E-state index contributed by atoms with van der Waals surface area (Å²) in [7, 11) is 0. The Balaban J connectivity index is 1.24. The Bertz CT molecular complexity index is 2750. The molecule has 0 bridgehead atoms. The van der Waals surface area contributed by atoms with E-state index in [4.69, 9.17) is 0 Å². The molecule has 1 aliphatic carbocycles. The van der Waals surface area contributed by atoms with E-state index in [1.165, 1.54) is 98.4 Å². The Morgan fingerprint density at radius 3 is 1.81 bits per heavy atom. The molecule has 0 atom stereocenters. The highest BCUT2D eigenvalue weighted by Crippen LogP contribution is 2.54. The first kappa shape index (κ1) is 26.5. The van der Waals surface area contributed by atoms with Gasteiger partial charge >= 0.3 is 0 Å². The molecule has 0 saturated heterocycles. The lowest BCUT2D eigenvalue weighted by molar-refractivity contribution is 0.666. The van der Waals surface area contributed by atoms with Gasteiger partial charge in [0.2, 0.25) is 0 Å². The highest BCUT2D eigenvalue weighted by molar-refractivity contribution is 6.20. The molecule has 9 aromatic carbocycles. The number of hydrogen-bond acceptors (Lipinski definition) is 0. The van der Waals surface area contributed by atoms with E-state index >= 15 is 0 Å². The maximum Gasteiger partial charge on any atom is 0.0165 e. The molecule has 0 spiro atoms. The largest absolute Gasteiger partial charge is 0.0616 e. The van der Waals surface area contributed by atoms with Gasteiger partial charge in [-0.15, -0.1) is 0 Å². The van der Waals surface area contributed by atoms with Crippen LogP contribution in [0.25, 0.3) is 87.2 Å². The molecule has 0 heteroatoms. The van der Waals surface area contributed by atoms with Crippen molar-refractivity contribution in [2.75, 3.05) is 0 Å². The molecule has 0 fully saturated rings. The Morgan fingerprint density at radius 1 is 0.362 bits per heavy atom. The molecule has 0 heterocycles. The lowest BCUT2D eigenvalue weighted by Gasteiger charge is -2.25. The average Bonchev–Trinajstić information content (AvgIpc) is 3.35. The second-order valence-electron chi connectivity index (χ2n) is 13.7. The lowest BCUT2D eigenvalue weighted by atomic mass is 9.77. The summed E-state index contributed by atoms with van der Waals surface area (Å²) in [5.74, 6) is 0. The van der Waals surface area contributed by atoms with Crippen molar-refractivity contribution < 1.29 is 0 Å². The fraction of sp³-hybridized carbons (Fsp3) is 0.0638. The monoisotopic (exact) mass is 596 g/mol. The summed E-state index contributed by atoms with van der Waals surface area (Å²) >= 11 is 0. The summed E-state index contributed by atoms with van der Waals surface area (Å²) in [6, 6.07) is 58.9. The molecule has 9 aromatic rings. The quantitative estimate of drug-likeness (QED) is 0.138. The van der Waals surface area contributed by atoms with Crippen LogP contribution in [0.1, 0.15) is 25.0 Å². The van der Waals surface area contributed by atoms with E-state index in [1.54, 1.807) is 0 Å². The Morgan fingerprint density at radius 2 is 0.979 bits per heavy atom. The third-order valence-electron chi connectivity index (χ3n) is 10.8. The average molecular weight is 597 g/mol. The maximum atomic E-state index is 2.50. The number of hydrogen-bond donors (Lipinski definition) is 0. The van der Waals surface area contributed by atoms with Gasteiger partial charge in [-0.05, 0) is 111 Å². The van der Waals surface area contributed by atoms with Crippen LogP contribution < -0.4 is 0 Å². The third-order valence-corrected chi connectivity index (χ3v) is 10.8. The molecule has 0 aromatic heterocycles. The molecule has 47 heavy (non-hydrogen) atoms. The van der Waals surface area contributed by atoms with E-state index < -0.39 is 0 Å². The first-order valence-corrected chi connectivity index (χ1v) is 16.6. The molecule has 220 valence electrons. The van der Waals surface area contributed by atoms with Crippen molar-refractivity contribution in [3.8, 4) is 33.4 Å². The minimum atomic E-state index is -0.187. The van der Waals surface area contributed by atoms with Crippen molar-refractivity contribution in [1.29, 1.82) is 0 Å². The van der Waals surface area contributed by atoms with Crippen LogP contribution in [0.2, 0.25) is 0 Å². The Labute approximate surface area is 274 Å². The summed E-state index contributed by atoms with van der Waals surface area (Å²) in [6.45, 7) is 4.85. The van der Waals surface area contributed by atoms with E-state index in [1.807, 2.05) is 0 Å². The van der Waals surface area contributed by atoms with Crippen LogP contribution >= 0.6 is 0 Å². The van der Waals surface area contributed by atoms with E-state index in [9.17, 15) is 0 Å². The number of benzene rings is 9. The summed E-state index contributed by atoms with van der Waals surface area (Å²) in [6.07, 6.45) is 0. The predicted molar refractivity (Wildman–Crippen MR) is 202 cm³/mol. The van der Waals surface area contributed by atoms with Gasteiger partial charge in [0.05, 0.1) is 0 Å². The van der Waals surface area contributed by atoms with Gasteiger partial charge in [-0.2, -0.15) is 0 Å². The van der Waals surface area contributed by atoms with Gasteiger partial charge in [0, 0.05) is 5.41 Å². The van der Waals surface area contributed by atoms with Crippen LogP contribution in [0.5, 0.6) is 0 Å². The van der Waals surface area contributed by atoms with Crippen molar-refractivity contribution in [2.24, 2.45) is 0 Å². The van der Waals surface area contributed by atoms with E-state index in [2.05, 4.69) is 172 Å². The number of rotatable bonds is 2. The normalized spacial score (nSPS) is 13.5. The molecule has 0 nitrogen and oxygen atoms in total. The van der Waals surface area contributed by atoms with Crippen molar-refractivity contribution in [3.05, 3.63) is 169 Å². The molecule has 0 unspecified atom stereocenters. The van der Waals surface area contributed by atoms with Gasteiger partial charge < -0.3 is 0 Å². The highest BCUT2D eigenvalue weighted by Gasteiger charge is 2.38. The van der Waals surface area contributed by atoms with E-state index in [-0.39, 0.29) is 5.41 Å². The molecule has 0 amide bonds. The predicted octanol–water partition coefficient (Wildman–Crippen LogP) is 13.1. The zero-order chi connectivity index (χ0) is 31.3. The standard InChI is InChI=1S/C47H32/c1-47(2)43-28-33(44-36-18-8-5-13-32(36)27-42-35-17-7-4-12-30(35)21-25-40(42)44)23-24-38(43)41-26-22-31-15-10-20-39(45(31)46(41)47)37-19-9-14-29-11-3-6-16-34(29)37/h3-28H,1-2H3. The molecule has 0 radical (unpaired) electrons. The van der Waals surface area contributed by atoms with Crippen LogP contribution in [-0.4, -0.2) is 0 Å². The summed E-state index contributed by atoms with van der Waals surface area (Å²) in [4.78, 5) is 0. The van der Waals surface area contributed by atoms with Crippen molar-refractivity contribution in [2.45, 2.75) is 19.3 Å². The molecule has 10 rings (SSSR count). The van der Waals surface area contributed by atoms with Gasteiger partial charge in [-0.1, -0.05) is 159 Å². The maximum absolute atomic E-state index is 2.50. The first-order valence-electron chi connectivity index (χ1n) is 16.6. The van der Waals surface area contributed by atoms with Crippen LogP contribution in [0.4, 0.5) is 0 Å². The van der Waals surface area contributed by atoms with Crippen LogP contribution in [-0.2, 0) is 5.41 Å². The van der Waals surface area contributed by atoms with Gasteiger partial charge in [-0.3, -0.25) is 0 Å². The minimum absolute atomic E-state index is 0.187. The molecule has 1 aliphatic rings. The van der Waals surface area contributed by atoms with Gasteiger partial charge in [0.15, 0.2) is 0 Å². The SMILES string of the molecule is CC1(C)c2cc(-c3c4ccccc4cc4c3ccc3ccccc34)ccc2-c2ccc3cccc(-c4cccc5ccccc45)c3c21. The summed E-state index contributed by atoms with van der Waals surface area (Å²) in [5, 5.41) is 13.0. The second kappa shape index (κ2) is 9.64. The highest BCUT2D eigenvalue weighted by atomic mass is 14.4. The second-order valence-corrected chi connectivity index (χ2v) is 13.7. The van der Waals surface area contributed by atoms with Crippen molar-refractivity contribution in [3.63, 3.8) is 0 Å². The van der Waals surface area contributed by atoms with Gasteiger partial charge in [0.25, 0.3) is 0 Å². The smallest absolute Gasteiger partial charge is 0.0165 e.